The fourth-order valence-electron chi connectivity index (χ4n) is 1.97. The fourth-order valence-corrected chi connectivity index (χ4v) is 3.03. The Bertz CT molecular complexity index is 780. The number of nitrogens with one attached hydrogen (secondary N) is 2. The first kappa shape index (κ1) is 17.0. The smallest absolute Gasteiger partial charge is 0.261 e. The van der Waals surface area contributed by atoms with Gasteiger partial charge in [0, 0.05) is 17.3 Å². The van der Waals surface area contributed by atoms with Crippen molar-refractivity contribution < 1.29 is 13.2 Å². The predicted octanol–water partition coefficient (Wildman–Crippen LogP) is 2.93. The maximum Gasteiger partial charge on any atom is 0.261 e. The number of hydrogen-bond acceptors (Lipinski definition) is 3. The Balaban J connectivity index is 2.17. The minimum absolute atomic E-state index is 0.0223. The molecule has 1 amide bonds. The van der Waals surface area contributed by atoms with E-state index in [0.29, 0.717) is 11.3 Å². The molecule has 2 aromatic carbocycles. The maximum absolute atomic E-state index is 12.3. The number of aryl methyl sites for hydroxylation is 1. The third-order valence-corrected chi connectivity index (χ3v) is 4.55. The number of anilines is 1. The summed E-state index contributed by atoms with van der Waals surface area (Å²) < 4.78 is 27.2. The number of carbonyl (C=O) groups is 1. The van der Waals surface area contributed by atoms with Gasteiger partial charge in [0.05, 0.1) is 4.90 Å². The topological polar surface area (TPSA) is 75.3 Å². The molecule has 23 heavy (non-hydrogen) atoms. The van der Waals surface area contributed by atoms with Crippen molar-refractivity contribution in [2.75, 3.05) is 4.72 Å². The quantitative estimate of drug-likeness (QED) is 0.884. The molecule has 0 heterocycles. The Morgan fingerprint density at radius 2 is 1.52 bits per heavy atom. The van der Waals surface area contributed by atoms with Crippen molar-refractivity contribution in [2.45, 2.75) is 31.7 Å². The second-order valence-electron chi connectivity index (χ2n) is 5.62. The van der Waals surface area contributed by atoms with Crippen LogP contribution in [0, 0.1) is 6.92 Å². The maximum atomic E-state index is 12.3. The van der Waals surface area contributed by atoms with Crippen LogP contribution in [0.15, 0.2) is 53.4 Å². The van der Waals surface area contributed by atoms with E-state index in [1.807, 2.05) is 32.9 Å². The average molecular weight is 332 g/mol. The van der Waals surface area contributed by atoms with Crippen molar-refractivity contribution in [1.82, 2.24) is 5.32 Å². The first-order valence-corrected chi connectivity index (χ1v) is 8.76. The van der Waals surface area contributed by atoms with Crippen molar-refractivity contribution in [3.05, 3.63) is 59.7 Å². The second kappa shape index (κ2) is 6.83. The molecule has 0 atom stereocenters. The van der Waals surface area contributed by atoms with Crippen LogP contribution >= 0.6 is 0 Å². The molecule has 0 spiro atoms. The van der Waals surface area contributed by atoms with Gasteiger partial charge in [-0.15, -0.1) is 0 Å². The zero-order valence-electron chi connectivity index (χ0n) is 13.3. The molecule has 5 nitrogen and oxygen atoms in total. The zero-order chi connectivity index (χ0) is 17.0. The first-order valence-electron chi connectivity index (χ1n) is 7.28. The highest BCUT2D eigenvalue weighted by Crippen LogP contribution is 2.17. The Kier molecular flexibility index (Phi) is 5.05. The molecule has 0 saturated heterocycles. The van der Waals surface area contributed by atoms with E-state index in [1.165, 1.54) is 24.3 Å². The van der Waals surface area contributed by atoms with Gasteiger partial charge < -0.3 is 5.32 Å². The lowest BCUT2D eigenvalue weighted by molar-refractivity contribution is 0.0943. The van der Waals surface area contributed by atoms with Crippen LogP contribution in [0.4, 0.5) is 5.69 Å². The summed E-state index contributed by atoms with van der Waals surface area (Å²) in [6.07, 6.45) is 0. The number of carbonyl (C=O) groups excluding carboxylic acids is 1. The van der Waals surface area contributed by atoms with Crippen LogP contribution in [0.2, 0.25) is 0 Å². The number of hydrogen-bond donors (Lipinski definition) is 2. The summed E-state index contributed by atoms with van der Waals surface area (Å²) in [6, 6.07) is 12.9. The van der Waals surface area contributed by atoms with Gasteiger partial charge in [-0.1, -0.05) is 17.7 Å². The predicted molar refractivity (Wildman–Crippen MR) is 91.0 cm³/mol. The largest absolute Gasteiger partial charge is 0.350 e. The molecule has 0 radical (unpaired) electrons. The molecule has 0 aromatic heterocycles. The van der Waals surface area contributed by atoms with Gasteiger partial charge in [0.1, 0.15) is 0 Å². The van der Waals surface area contributed by atoms with Gasteiger partial charge in [0.15, 0.2) is 0 Å². The van der Waals surface area contributed by atoms with E-state index < -0.39 is 10.0 Å². The standard InChI is InChI=1S/C17H20N2O3S/c1-12(2)18-17(20)14-6-10-16(11-7-14)23(21,22)19-15-8-4-13(3)5-9-15/h4-12,19H,1-3H3,(H,18,20). The van der Waals surface area contributed by atoms with Crippen LogP contribution in [0.25, 0.3) is 0 Å². The summed E-state index contributed by atoms with van der Waals surface area (Å²) in [5.41, 5.74) is 1.97. The second-order valence-corrected chi connectivity index (χ2v) is 7.31. The molecule has 122 valence electrons. The van der Waals surface area contributed by atoms with E-state index >= 15 is 0 Å². The van der Waals surface area contributed by atoms with E-state index in [0.717, 1.165) is 5.56 Å². The molecule has 2 N–H and O–H groups in total. The van der Waals surface area contributed by atoms with Gasteiger partial charge in [-0.2, -0.15) is 0 Å². The third-order valence-electron chi connectivity index (χ3n) is 3.15. The van der Waals surface area contributed by atoms with Crippen LogP contribution in [0.1, 0.15) is 29.8 Å². The van der Waals surface area contributed by atoms with Gasteiger partial charge in [-0.05, 0) is 57.2 Å². The Hall–Kier alpha value is -2.34. The fraction of sp³-hybridized carbons (Fsp3) is 0.235. The Morgan fingerprint density at radius 3 is 2.04 bits per heavy atom. The van der Waals surface area contributed by atoms with Crippen LogP contribution < -0.4 is 10.0 Å². The summed E-state index contributed by atoms with van der Waals surface area (Å²) >= 11 is 0. The van der Waals surface area contributed by atoms with E-state index in [1.54, 1.807) is 12.1 Å². The van der Waals surface area contributed by atoms with Crippen LogP contribution in [-0.2, 0) is 10.0 Å². The number of rotatable bonds is 5. The minimum atomic E-state index is -3.67. The van der Waals surface area contributed by atoms with Gasteiger partial charge in [-0.3, -0.25) is 9.52 Å². The Labute approximate surface area is 136 Å². The average Bonchev–Trinajstić information content (AvgIpc) is 2.49. The molecule has 2 aromatic rings. The molecule has 0 unspecified atom stereocenters. The minimum Gasteiger partial charge on any atom is -0.350 e. The number of benzene rings is 2. The monoisotopic (exact) mass is 332 g/mol. The van der Waals surface area contributed by atoms with Gasteiger partial charge >= 0.3 is 0 Å². The third kappa shape index (κ3) is 4.56. The number of sulfonamides is 1. The van der Waals surface area contributed by atoms with Gasteiger partial charge in [0.25, 0.3) is 15.9 Å². The van der Waals surface area contributed by atoms with E-state index in [2.05, 4.69) is 10.0 Å². The normalized spacial score (nSPS) is 11.3. The molecule has 2 rings (SSSR count). The van der Waals surface area contributed by atoms with Crippen molar-refractivity contribution in [1.29, 1.82) is 0 Å². The van der Waals surface area contributed by atoms with Crippen LogP contribution in [-0.4, -0.2) is 20.4 Å². The highest BCUT2D eigenvalue weighted by molar-refractivity contribution is 7.92. The molecule has 0 bridgehead atoms. The molecular weight excluding hydrogens is 312 g/mol. The molecule has 0 fully saturated rings. The van der Waals surface area contributed by atoms with Crippen molar-refractivity contribution in [3.8, 4) is 0 Å². The summed E-state index contributed by atoms with van der Waals surface area (Å²) in [5.74, 6) is -0.226. The molecule has 6 heteroatoms. The van der Waals surface area contributed by atoms with E-state index in [-0.39, 0.29) is 16.8 Å². The number of amides is 1. The van der Waals surface area contributed by atoms with Crippen molar-refractivity contribution in [2.24, 2.45) is 0 Å². The lowest BCUT2D eigenvalue weighted by Crippen LogP contribution is -2.30. The van der Waals surface area contributed by atoms with Gasteiger partial charge in [-0.25, -0.2) is 8.42 Å². The summed E-state index contributed by atoms with van der Waals surface area (Å²) in [5, 5.41) is 2.76. The van der Waals surface area contributed by atoms with E-state index in [4.69, 9.17) is 0 Å². The molecular formula is C17H20N2O3S. The summed E-state index contributed by atoms with van der Waals surface area (Å²) in [4.78, 5) is 12.0. The highest BCUT2D eigenvalue weighted by atomic mass is 32.2. The Morgan fingerprint density at radius 1 is 0.957 bits per heavy atom. The first-order chi connectivity index (χ1) is 10.8. The molecule has 0 saturated carbocycles. The van der Waals surface area contributed by atoms with Crippen molar-refractivity contribution in [3.63, 3.8) is 0 Å². The SMILES string of the molecule is Cc1ccc(NS(=O)(=O)c2ccc(C(=O)NC(C)C)cc2)cc1. The lowest BCUT2D eigenvalue weighted by Gasteiger charge is -2.10. The molecule has 0 aliphatic rings. The summed E-state index contributed by atoms with van der Waals surface area (Å²) in [7, 11) is -3.67. The van der Waals surface area contributed by atoms with E-state index in [9.17, 15) is 13.2 Å². The zero-order valence-corrected chi connectivity index (χ0v) is 14.1. The summed E-state index contributed by atoms with van der Waals surface area (Å²) in [6.45, 7) is 5.66. The molecule has 0 aliphatic carbocycles. The van der Waals surface area contributed by atoms with Gasteiger partial charge in [0.2, 0.25) is 0 Å². The van der Waals surface area contributed by atoms with Crippen LogP contribution in [0.5, 0.6) is 0 Å². The lowest BCUT2D eigenvalue weighted by atomic mass is 10.2. The van der Waals surface area contributed by atoms with Crippen molar-refractivity contribution >= 4 is 21.6 Å². The molecule has 0 aliphatic heterocycles. The van der Waals surface area contributed by atoms with Crippen LogP contribution in [0.3, 0.4) is 0 Å². The highest BCUT2D eigenvalue weighted by Gasteiger charge is 2.15.